The molecular formula is C12H12N4O3S. The molecule has 20 heavy (non-hydrogen) atoms. The van der Waals surface area contributed by atoms with Gasteiger partial charge in [-0.05, 0) is 0 Å². The fourth-order valence-electron chi connectivity index (χ4n) is 1.56. The summed E-state index contributed by atoms with van der Waals surface area (Å²) in [7, 11) is 0. The summed E-state index contributed by atoms with van der Waals surface area (Å²) < 4.78 is 0. The summed E-state index contributed by atoms with van der Waals surface area (Å²) in [4.78, 5) is 25.9. The monoisotopic (exact) mass is 292 g/mol. The van der Waals surface area contributed by atoms with Crippen LogP contribution in [0.25, 0.3) is 11.3 Å². The second-order valence-corrected chi connectivity index (χ2v) is 4.79. The van der Waals surface area contributed by atoms with Crippen LogP contribution >= 0.6 is 11.3 Å². The summed E-state index contributed by atoms with van der Waals surface area (Å²) in [5.41, 5.74) is 6.51. The van der Waals surface area contributed by atoms with E-state index in [0.717, 1.165) is 0 Å². The lowest BCUT2D eigenvalue weighted by Crippen LogP contribution is -2.15. The number of benzene rings is 1. The highest BCUT2D eigenvalue weighted by atomic mass is 32.1. The summed E-state index contributed by atoms with van der Waals surface area (Å²) in [6.07, 6.45) is 0.228. The molecule has 0 aliphatic carbocycles. The Kier molecular flexibility index (Phi) is 4.38. The number of aromatic nitrogens is 1. The third-order valence-corrected chi connectivity index (χ3v) is 3.23. The fraction of sp³-hybridized carbons (Fsp3) is 0.167. The Labute approximate surface area is 118 Å². The second-order valence-electron chi connectivity index (χ2n) is 3.93. The van der Waals surface area contributed by atoms with Crippen LogP contribution in [0.4, 0.5) is 10.8 Å². The Morgan fingerprint density at radius 3 is 3.00 bits per heavy atom. The third-order valence-electron chi connectivity index (χ3n) is 2.47. The minimum atomic E-state index is -0.459. The molecule has 1 amide bonds. The highest BCUT2D eigenvalue weighted by molar-refractivity contribution is 7.14. The van der Waals surface area contributed by atoms with E-state index in [1.54, 1.807) is 17.5 Å². The number of rotatable bonds is 5. The minimum absolute atomic E-state index is 0.00390. The Morgan fingerprint density at radius 1 is 1.50 bits per heavy atom. The number of hydrogen-bond acceptors (Lipinski definition) is 6. The first-order valence-corrected chi connectivity index (χ1v) is 6.68. The number of carbonyl (C=O) groups excluding carboxylic acids is 1. The lowest BCUT2D eigenvalue weighted by atomic mass is 10.1. The zero-order valence-electron chi connectivity index (χ0n) is 10.4. The van der Waals surface area contributed by atoms with Gasteiger partial charge in [-0.2, -0.15) is 0 Å². The Balaban J connectivity index is 2.18. The quantitative estimate of drug-likeness (QED) is 0.646. The highest BCUT2D eigenvalue weighted by Gasteiger charge is 2.11. The molecule has 2 rings (SSSR count). The summed E-state index contributed by atoms with van der Waals surface area (Å²) in [5.74, 6) is -0.201. The molecule has 0 saturated heterocycles. The molecular weight excluding hydrogens is 280 g/mol. The van der Waals surface area contributed by atoms with Crippen molar-refractivity contribution < 1.29 is 9.72 Å². The smallest absolute Gasteiger partial charge is 0.270 e. The van der Waals surface area contributed by atoms with Crippen LogP contribution in [0.3, 0.4) is 0 Å². The third kappa shape index (κ3) is 3.37. The molecule has 1 heterocycles. The van der Waals surface area contributed by atoms with Crippen LogP contribution in [0.2, 0.25) is 0 Å². The van der Waals surface area contributed by atoms with Gasteiger partial charge in [0, 0.05) is 36.0 Å². The van der Waals surface area contributed by atoms with Crippen molar-refractivity contribution in [2.24, 2.45) is 5.73 Å². The van der Waals surface area contributed by atoms with Gasteiger partial charge in [0.15, 0.2) is 5.13 Å². The lowest BCUT2D eigenvalue weighted by Gasteiger charge is -1.99. The molecule has 104 valence electrons. The fourth-order valence-corrected chi connectivity index (χ4v) is 2.29. The van der Waals surface area contributed by atoms with Gasteiger partial charge in [-0.1, -0.05) is 12.1 Å². The molecule has 1 aromatic carbocycles. The normalized spacial score (nSPS) is 10.2. The number of non-ortho nitro benzene ring substituents is 1. The Hall–Kier alpha value is -2.32. The van der Waals surface area contributed by atoms with E-state index in [9.17, 15) is 14.9 Å². The number of carbonyl (C=O) groups is 1. The number of nitro benzene ring substituents is 1. The maximum Gasteiger partial charge on any atom is 0.270 e. The predicted molar refractivity (Wildman–Crippen MR) is 76.5 cm³/mol. The van der Waals surface area contributed by atoms with Gasteiger partial charge in [0.25, 0.3) is 5.69 Å². The van der Waals surface area contributed by atoms with Crippen LogP contribution < -0.4 is 11.1 Å². The first kappa shape index (κ1) is 14.1. The van der Waals surface area contributed by atoms with Crippen molar-refractivity contribution in [2.75, 3.05) is 11.9 Å². The molecule has 0 spiro atoms. The number of nitro groups is 1. The number of thiazole rings is 1. The van der Waals surface area contributed by atoms with Gasteiger partial charge in [-0.15, -0.1) is 11.3 Å². The van der Waals surface area contributed by atoms with Crippen LogP contribution in [-0.4, -0.2) is 22.4 Å². The molecule has 8 heteroatoms. The standard InChI is InChI=1S/C12H12N4O3S/c13-5-4-11(17)15-12-14-10(7-20-12)8-2-1-3-9(6-8)16(18)19/h1-3,6-7H,4-5,13H2,(H,14,15,17). The van der Waals surface area contributed by atoms with Crippen molar-refractivity contribution in [2.45, 2.75) is 6.42 Å². The summed E-state index contributed by atoms with van der Waals surface area (Å²) in [6.45, 7) is 0.273. The molecule has 1 aromatic heterocycles. The molecule has 0 fully saturated rings. The van der Waals surface area contributed by atoms with Gasteiger partial charge in [0.05, 0.1) is 10.6 Å². The predicted octanol–water partition coefficient (Wildman–Crippen LogP) is 2.01. The Bertz CT molecular complexity index is 641. The van der Waals surface area contributed by atoms with Crippen LogP contribution in [0, 0.1) is 10.1 Å². The molecule has 7 nitrogen and oxygen atoms in total. The first-order chi connectivity index (χ1) is 9.60. The number of nitrogens with zero attached hydrogens (tertiary/aromatic N) is 2. The van der Waals surface area contributed by atoms with Crippen LogP contribution in [0.1, 0.15) is 6.42 Å². The first-order valence-electron chi connectivity index (χ1n) is 5.80. The van der Waals surface area contributed by atoms with Gasteiger partial charge < -0.3 is 11.1 Å². The highest BCUT2D eigenvalue weighted by Crippen LogP contribution is 2.27. The summed E-state index contributed by atoms with van der Waals surface area (Å²) in [5, 5.41) is 15.5. The largest absolute Gasteiger partial charge is 0.330 e. The van der Waals surface area contributed by atoms with Crippen LogP contribution in [0.15, 0.2) is 29.6 Å². The van der Waals surface area contributed by atoms with E-state index in [-0.39, 0.29) is 24.6 Å². The molecule has 0 saturated carbocycles. The van der Waals surface area contributed by atoms with E-state index in [1.165, 1.54) is 23.5 Å². The second kappa shape index (κ2) is 6.22. The number of nitrogens with one attached hydrogen (secondary N) is 1. The number of amides is 1. The van der Waals surface area contributed by atoms with Crippen LogP contribution in [0.5, 0.6) is 0 Å². The molecule has 0 aliphatic rings. The van der Waals surface area contributed by atoms with Gasteiger partial charge in [-0.3, -0.25) is 14.9 Å². The molecule has 0 bridgehead atoms. The van der Waals surface area contributed by atoms with Gasteiger partial charge in [-0.25, -0.2) is 4.98 Å². The van der Waals surface area contributed by atoms with Crippen molar-refractivity contribution in [1.82, 2.24) is 4.98 Å². The number of anilines is 1. The van der Waals surface area contributed by atoms with Crippen molar-refractivity contribution >= 4 is 28.1 Å². The van der Waals surface area contributed by atoms with Gasteiger partial charge in [0.1, 0.15) is 0 Å². The summed E-state index contributed by atoms with van der Waals surface area (Å²) in [6, 6.07) is 6.19. The maximum atomic E-state index is 11.4. The lowest BCUT2D eigenvalue weighted by molar-refractivity contribution is -0.384. The SMILES string of the molecule is NCCC(=O)Nc1nc(-c2cccc([N+](=O)[O-])c2)cs1. The number of hydrogen-bond donors (Lipinski definition) is 2. The van der Waals surface area contributed by atoms with E-state index in [1.807, 2.05) is 0 Å². The van der Waals surface area contributed by atoms with Crippen molar-refractivity contribution in [3.05, 3.63) is 39.8 Å². The number of nitrogens with two attached hydrogens (primary N) is 1. The maximum absolute atomic E-state index is 11.4. The van der Waals surface area contributed by atoms with Crippen molar-refractivity contribution in [1.29, 1.82) is 0 Å². The molecule has 0 unspecified atom stereocenters. The average molecular weight is 292 g/mol. The van der Waals surface area contributed by atoms with Crippen LogP contribution in [-0.2, 0) is 4.79 Å². The molecule has 0 radical (unpaired) electrons. The minimum Gasteiger partial charge on any atom is -0.330 e. The summed E-state index contributed by atoms with van der Waals surface area (Å²) >= 11 is 1.26. The Morgan fingerprint density at radius 2 is 2.30 bits per heavy atom. The van der Waals surface area contributed by atoms with E-state index >= 15 is 0 Å². The van der Waals surface area contributed by atoms with E-state index in [2.05, 4.69) is 10.3 Å². The zero-order valence-corrected chi connectivity index (χ0v) is 11.2. The van der Waals surface area contributed by atoms with E-state index in [4.69, 9.17) is 5.73 Å². The molecule has 0 aliphatic heterocycles. The topological polar surface area (TPSA) is 111 Å². The van der Waals surface area contributed by atoms with E-state index < -0.39 is 4.92 Å². The molecule has 0 atom stereocenters. The van der Waals surface area contributed by atoms with Crippen molar-refractivity contribution in [3.63, 3.8) is 0 Å². The average Bonchev–Trinajstić information content (AvgIpc) is 2.87. The molecule has 3 N–H and O–H groups in total. The van der Waals surface area contributed by atoms with Crippen molar-refractivity contribution in [3.8, 4) is 11.3 Å². The van der Waals surface area contributed by atoms with E-state index in [0.29, 0.717) is 16.4 Å². The van der Waals surface area contributed by atoms with Gasteiger partial charge in [0.2, 0.25) is 5.91 Å². The zero-order chi connectivity index (χ0) is 14.5. The molecule has 2 aromatic rings. The van der Waals surface area contributed by atoms with Gasteiger partial charge >= 0.3 is 0 Å².